The molecule has 4 nitrogen and oxygen atoms in total. The van der Waals surface area contributed by atoms with E-state index in [9.17, 15) is 9.90 Å². The van der Waals surface area contributed by atoms with Gasteiger partial charge in [-0.2, -0.15) is 0 Å². The molecule has 0 saturated heterocycles. The van der Waals surface area contributed by atoms with Crippen LogP contribution in [0.2, 0.25) is 0 Å². The lowest BCUT2D eigenvalue weighted by Crippen LogP contribution is -2.23. The lowest BCUT2D eigenvalue weighted by Gasteiger charge is -2.24. The Morgan fingerprint density at radius 3 is 2.71 bits per heavy atom. The summed E-state index contributed by atoms with van der Waals surface area (Å²) in [5.74, 6) is -0.571. The Bertz CT molecular complexity index is 387. The van der Waals surface area contributed by atoms with Gasteiger partial charge in [0.2, 0.25) is 0 Å². The number of nitrogens with zero attached hydrogens (tertiary/aromatic N) is 1. The molecule has 96 valence electrons. The van der Waals surface area contributed by atoms with Crippen LogP contribution in [0.4, 0.5) is 0 Å². The number of rotatable bonds is 6. The molecule has 0 aliphatic carbocycles. The van der Waals surface area contributed by atoms with E-state index in [2.05, 4.69) is 36.4 Å². The molecule has 1 rings (SSSR count). The SMILES string of the molecule is CCOCC(C(C)C)n1cc(I)cc1C(=O)O. The smallest absolute Gasteiger partial charge is 0.352 e. The minimum atomic E-state index is -0.893. The molecule has 1 aromatic heterocycles. The van der Waals surface area contributed by atoms with Gasteiger partial charge >= 0.3 is 5.97 Å². The number of aromatic carboxylic acids is 1. The lowest BCUT2D eigenvalue weighted by molar-refractivity contribution is 0.0659. The van der Waals surface area contributed by atoms with Crippen LogP contribution in [-0.2, 0) is 4.74 Å². The highest BCUT2D eigenvalue weighted by Crippen LogP contribution is 2.23. The van der Waals surface area contributed by atoms with Crippen molar-refractivity contribution in [3.05, 3.63) is 21.5 Å². The van der Waals surface area contributed by atoms with Gasteiger partial charge in [-0.1, -0.05) is 13.8 Å². The molecule has 0 radical (unpaired) electrons. The van der Waals surface area contributed by atoms with E-state index in [1.807, 2.05) is 17.7 Å². The van der Waals surface area contributed by atoms with Crippen LogP contribution in [0.3, 0.4) is 0 Å². The first-order valence-electron chi connectivity index (χ1n) is 5.65. The van der Waals surface area contributed by atoms with Gasteiger partial charge in [-0.3, -0.25) is 0 Å². The molecule has 1 aromatic rings. The highest BCUT2D eigenvalue weighted by Gasteiger charge is 2.21. The van der Waals surface area contributed by atoms with Crippen LogP contribution in [0.5, 0.6) is 0 Å². The van der Waals surface area contributed by atoms with Crippen molar-refractivity contribution in [2.45, 2.75) is 26.8 Å². The van der Waals surface area contributed by atoms with E-state index in [1.54, 1.807) is 6.07 Å². The Balaban J connectivity index is 3.04. The molecule has 0 fully saturated rings. The molecule has 0 saturated carbocycles. The fourth-order valence-electron chi connectivity index (χ4n) is 1.72. The van der Waals surface area contributed by atoms with Crippen LogP contribution in [0.25, 0.3) is 0 Å². The fraction of sp³-hybridized carbons (Fsp3) is 0.583. The molecule has 1 atom stereocenters. The molecule has 0 aromatic carbocycles. The topological polar surface area (TPSA) is 51.5 Å². The summed E-state index contributed by atoms with van der Waals surface area (Å²) in [6.45, 7) is 7.27. The summed E-state index contributed by atoms with van der Waals surface area (Å²) in [5, 5.41) is 9.17. The second kappa shape index (κ2) is 6.39. The van der Waals surface area contributed by atoms with Crippen molar-refractivity contribution in [2.75, 3.05) is 13.2 Å². The van der Waals surface area contributed by atoms with E-state index in [-0.39, 0.29) is 6.04 Å². The van der Waals surface area contributed by atoms with Crippen molar-refractivity contribution in [1.82, 2.24) is 4.57 Å². The minimum absolute atomic E-state index is 0.0598. The number of aromatic nitrogens is 1. The van der Waals surface area contributed by atoms with Crippen molar-refractivity contribution in [2.24, 2.45) is 5.92 Å². The van der Waals surface area contributed by atoms with Gasteiger partial charge in [-0.25, -0.2) is 4.79 Å². The zero-order chi connectivity index (χ0) is 13.0. The summed E-state index contributed by atoms with van der Waals surface area (Å²) in [7, 11) is 0. The Morgan fingerprint density at radius 2 is 2.24 bits per heavy atom. The minimum Gasteiger partial charge on any atom is -0.477 e. The highest BCUT2D eigenvalue weighted by atomic mass is 127. The van der Waals surface area contributed by atoms with Crippen molar-refractivity contribution in [3.8, 4) is 0 Å². The van der Waals surface area contributed by atoms with E-state index in [0.717, 1.165) is 3.57 Å². The fourth-order valence-corrected chi connectivity index (χ4v) is 2.32. The highest BCUT2D eigenvalue weighted by molar-refractivity contribution is 14.1. The molecule has 0 bridgehead atoms. The normalized spacial score (nSPS) is 13.0. The quantitative estimate of drug-likeness (QED) is 0.802. The van der Waals surface area contributed by atoms with Gasteiger partial charge in [-0.05, 0) is 41.5 Å². The predicted octanol–water partition coefficient (Wildman–Crippen LogP) is 3.02. The van der Waals surface area contributed by atoms with Crippen LogP contribution in [0, 0.1) is 9.49 Å². The van der Waals surface area contributed by atoms with E-state index < -0.39 is 5.97 Å². The number of hydrogen-bond donors (Lipinski definition) is 1. The number of halogens is 1. The lowest BCUT2D eigenvalue weighted by atomic mass is 10.1. The van der Waals surface area contributed by atoms with E-state index in [4.69, 9.17) is 4.74 Å². The first-order chi connectivity index (χ1) is 7.97. The third kappa shape index (κ3) is 3.70. The standard InChI is InChI=1S/C12H18INO3/c1-4-17-7-11(8(2)3)14-6-9(13)5-10(14)12(15)16/h5-6,8,11H,4,7H2,1-3H3,(H,15,16). The zero-order valence-corrected chi connectivity index (χ0v) is 12.5. The Morgan fingerprint density at radius 1 is 1.59 bits per heavy atom. The van der Waals surface area contributed by atoms with Gasteiger partial charge in [0.25, 0.3) is 0 Å². The predicted molar refractivity (Wildman–Crippen MR) is 74.5 cm³/mol. The second-order valence-corrected chi connectivity index (χ2v) is 5.47. The molecular formula is C12H18INO3. The van der Waals surface area contributed by atoms with Gasteiger partial charge in [0.1, 0.15) is 5.69 Å². The summed E-state index contributed by atoms with van der Waals surface area (Å²) in [6.07, 6.45) is 1.87. The molecule has 1 heterocycles. The van der Waals surface area contributed by atoms with Gasteiger partial charge < -0.3 is 14.4 Å². The zero-order valence-electron chi connectivity index (χ0n) is 10.3. The molecule has 0 aliphatic heterocycles. The second-order valence-electron chi connectivity index (χ2n) is 4.23. The van der Waals surface area contributed by atoms with Crippen molar-refractivity contribution in [1.29, 1.82) is 0 Å². The molecular weight excluding hydrogens is 333 g/mol. The molecule has 0 spiro atoms. The Hall–Kier alpha value is -0.560. The third-order valence-corrected chi connectivity index (χ3v) is 3.24. The number of ether oxygens (including phenoxy) is 1. The van der Waals surface area contributed by atoms with Gasteiger partial charge in [0, 0.05) is 16.4 Å². The number of carbonyl (C=O) groups is 1. The summed E-state index contributed by atoms with van der Waals surface area (Å²) < 4.78 is 8.18. The maximum Gasteiger partial charge on any atom is 0.352 e. The molecule has 1 N–H and O–H groups in total. The van der Waals surface area contributed by atoms with Crippen molar-refractivity contribution >= 4 is 28.6 Å². The van der Waals surface area contributed by atoms with Crippen molar-refractivity contribution in [3.63, 3.8) is 0 Å². The first-order valence-corrected chi connectivity index (χ1v) is 6.73. The van der Waals surface area contributed by atoms with Gasteiger partial charge in [-0.15, -0.1) is 0 Å². The first kappa shape index (κ1) is 14.5. The van der Waals surface area contributed by atoms with Crippen molar-refractivity contribution < 1.29 is 14.6 Å². The average molecular weight is 351 g/mol. The maximum atomic E-state index is 11.2. The molecule has 0 amide bonds. The summed E-state index contributed by atoms with van der Waals surface area (Å²) in [4.78, 5) is 11.2. The van der Waals surface area contributed by atoms with Crippen LogP contribution in [0.15, 0.2) is 12.3 Å². The van der Waals surface area contributed by atoms with Gasteiger partial charge in [0.15, 0.2) is 0 Å². The van der Waals surface area contributed by atoms with E-state index in [0.29, 0.717) is 24.8 Å². The summed E-state index contributed by atoms with van der Waals surface area (Å²) in [6, 6.07) is 1.74. The number of carboxylic acids is 1. The molecule has 0 aliphatic rings. The van der Waals surface area contributed by atoms with Crippen LogP contribution in [0.1, 0.15) is 37.3 Å². The third-order valence-electron chi connectivity index (χ3n) is 2.65. The molecule has 17 heavy (non-hydrogen) atoms. The maximum absolute atomic E-state index is 11.2. The summed E-state index contributed by atoms with van der Waals surface area (Å²) >= 11 is 2.13. The monoisotopic (exact) mass is 351 g/mol. The van der Waals surface area contributed by atoms with Crippen LogP contribution in [-0.4, -0.2) is 28.9 Å². The number of hydrogen-bond acceptors (Lipinski definition) is 2. The largest absolute Gasteiger partial charge is 0.477 e. The van der Waals surface area contributed by atoms with Crippen LogP contribution < -0.4 is 0 Å². The van der Waals surface area contributed by atoms with E-state index in [1.165, 1.54) is 0 Å². The average Bonchev–Trinajstić information content (AvgIpc) is 2.60. The molecule has 5 heteroatoms. The van der Waals surface area contributed by atoms with Crippen LogP contribution >= 0.6 is 22.6 Å². The van der Waals surface area contributed by atoms with Gasteiger partial charge in [0.05, 0.1) is 12.6 Å². The van der Waals surface area contributed by atoms with E-state index >= 15 is 0 Å². The Kier molecular flexibility index (Phi) is 5.45. The summed E-state index contributed by atoms with van der Waals surface area (Å²) in [5.41, 5.74) is 0.327. The number of carboxylic acid groups (broad SMARTS) is 1. The molecule has 1 unspecified atom stereocenters. The Labute approximate surface area is 115 Å².